The molecule has 3 atom stereocenters. The number of amides is 2. The van der Waals surface area contributed by atoms with Gasteiger partial charge in [0.2, 0.25) is 11.8 Å². The highest BCUT2D eigenvalue weighted by molar-refractivity contribution is 5.93. The van der Waals surface area contributed by atoms with Crippen LogP contribution in [0.2, 0.25) is 0 Å². The third-order valence-corrected chi connectivity index (χ3v) is 4.71. The van der Waals surface area contributed by atoms with Crippen molar-refractivity contribution in [1.82, 2.24) is 30.8 Å². The quantitative estimate of drug-likeness (QED) is 0.284. The van der Waals surface area contributed by atoms with Crippen LogP contribution in [0.15, 0.2) is 0 Å². The molecule has 0 radical (unpaired) electrons. The molecular weight excluding hydrogens is 462 g/mol. The van der Waals surface area contributed by atoms with Crippen LogP contribution in [0.1, 0.15) is 53.3 Å². The second kappa shape index (κ2) is 13.7. The lowest BCUT2D eigenvalue weighted by molar-refractivity contribution is -0.159. The highest BCUT2D eigenvalue weighted by atomic mass is 16.6. The van der Waals surface area contributed by atoms with Crippen LogP contribution in [0.4, 0.5) is 0 Å². The Bertz CT molecular complexity index is 866. The number of hydrogen-bond acceptors (Lipinski definition) is 11. The van der Waals surface area contributed by atoms with Crippen LogP contribution < -0.4 is 16.4 Å². The number of hydrogen-bond donors (Lipinski definition) is 3. The molecule has 4 N–H and O–H groups in total. The van der Waals surface area contributed by atoms with Crippen LogP contribution in [-0.2, 0) is 46.5 Å². The van der Waals surface area contributed by atoms with Gasteiger partial charge in [0.15, 0.2) is 5.82 Å². The summed E-state index contributed by atoms with van der Waals surface area (Å²) >= 11 is 0. The Morgan fingerprint density at radius 3 is 2.29 bits per heavy atom. The van der Waals surface area contributed by atoms with E-state index in [-0.39, 0.29) is 19.1 Å². The van der Waals surface area contributed by atoms with Gasteiger partial charge in [-0.15, -0.1) is 5.10 Å². The number of nitrogens with zero attached hydrogens (tertiary/aromatic N) is 4. The first-order valence-electron chi connectivity index (χ1n) is 11.2. The standard InChI is InChI=1S/C21H37N7O7/c1-12(2)17(19(31)23-14(20(32)34-7)10-16(29)35-21(3,4)5)24-18(30)13(22)8-9-15-25-26-27-28(15)11-33-6/h12-14,17H,8-11,22H2,1-7H3,(H,23,31)(H,24,30)/t13-,14-,17-/m0/s1. The molecule has 1 aromatic heterocycles. The maximum Gasteiger partial charge on any atom is 0.328 e. The molecular formula is C21H37N7O7. The highest BCUT2D eigenvalue weighted by Crippen LogP contribution is 2.11. The van der Waals surface area contributed by atoms with Crippen molar-refractivity contribution in [3.63, 3.8) is 0 Å². The van der Waals surface area contributed by atoms with Gasteiger partial charge in [0.05, 0.1) is 19.6 Å². The molecule has 0 unspecified atom stereocenters. The van der Waals surface area contributed by atoms with Gasteiger partial charge in [0.1, 0.15) is 24.4 Å². The van der Waals surface area contributed by atoms with Gasteiger partial charge in [-0.1, -0.05) is 13.8 Å². The predicted octanol–water partition coefficient (Wildman–Crippen LogP) is -0.933. The zero-order valence-electron chi connectivity index (χ0n) is 21.4. The largest absolute Gasteiger partial charge is 0.467 e. The molecule has 1 aromatic rings. The maximum absolute atomic E-state index is 12.9. The number of aryl methyl sites for hydroxylation is 1. The molecule has 2 amide bonds. The molecule has 0 aliphatic carbocycles. The van der Waals surface area contributed by atoms with Crippen LogP contribution in [0.5, 0.6) is 0 Å². The van der Waals surface area contributed by atoms with E-state index in [4.69, 9.17) is 19.9 Å². The average molecular weight is 500 g/mol. The van der Waals surface area contributed by atoms with Crippen LogP contribution in [0.3, 0.4) is 0 Å². The van der Waals surface area contributed by atoms with Crippen molar-refractivity contribution >= 4 is 23.8 Å². The summed E-state index contributed by atoms with van der Waals surface area (Å²) in [5.74, 6) is -2.58. The second-order valence-corrected chi connectivity index (χ2v) is 9.26. The number of rotatable bonds is 13. The van der Waals surface area contributed by atoms with E-state index in [1.54, 1.807) is 34.6 Å². The number of nitrogens with two attached hydrogens (primary N) is 1. The van der Waals surface area contributed by atoms with Gasteiger partial charge in [-0.05, 0) is 43.5 Å². The van der Waals surface area contributed by atoms with Gasteiger partial charge in [-0.2, -0.15) is 0 Å². The Kier molecular flexibility index (Phi) is 11.7. The minimum atomic E-state index is -1.28. The van der Waals surface area contributed by atoms with Gasteiger partial charge in [0, 0.05) is 13.5 Å². The zero-order chi connectivity index (χ0) is 26.8. The van der Waals surface area contributed by atoms with E-state index < -0.39 is 53.9 Å². The normalized spacial score (nSPS) is 14.1. The lowest BCUT2D eigenvalue weighted by Gasteiger charge is -2.26. The Morgan fingerprint density at radius 2 is 1.74 bits per heavy atom. The lowest BCUT2D eigenvalue weighted by Crippen LogP contribution is -2.56. The number of tetrazole rings is 1. The molecule has 14 nitrogen and oxygen atoms in total. The minimum absolute atomic E-state index is 0.157. The molecule has 0 aliphatic heterocycles. The molecule has 0 bridgehead atoms. The van der Waals surface area contributed by atoms with Crippen LogP contribution in [0.25, 0.3) is 0 Å². The summed E-state index contributed by atoms with van der Waals surface area (Å²) in [6.07, 6.45) is 0.0970. The van der Waals surface area contributed by atoms with E-state index in [2.05, 4.69) is 26.2 Å². The van der Waals surface area contributed by atoms with E-state index in [0.717, 1.165) is 7.11 Å². The Morgan fingerprint density at radius 1 is 1.09 bits per heavy atom. The first-order chi connectivity index (χ1) is 16.3. The van der Waals surface area contributed by atoms with E-state index >= 15 is 0 Å². The van der Waals surface area contributed by atoms with Crippen molar-refractivity contribution in [3.8, 4) is 0 Å². The molecule has 35 heavy (non-hydrogen) atoms. The van der Waals surface area contributed by atoms with Crippen molar-refractivity contribution < 1.29 is 33.4 Å². The summed E-state index contributed by atoms with van der Waals surface area (Å²) in [6, 6.07) is -3.25. The molecule has 198 valence electrons. The predicted molar refractivity (Wildman–Crippen MR) is 122 cm³/mol. The second-order valence-electron chi connectivity index (χ2n) is 9.26. The molecule has 0 saturated heterocycles. The van der Waals surface area contributed by atoms with Crippen molar-refractivity contribution in [2.24, 2.45) is 11.7 Å². The van der Waals surface area contributed by atoms with Gasteiger partial charge < -0.3 is 30.6 Å². The summed E-state index contributed by atoms with van der Waals surface area (Å²) in [6.45, 7) is 8.64. The maximum atomic E-state index is 12.9. The van der Waals surface area contributed by atoms with Gasteiger partial charge in [-0.3, -0.25) is 14.4 Å². The molecule has 0 aromatic carbocycles. The summed E-state index contributed by atoms with van der Waals surface area (Å²) in [4.78, 5) is 50.0. The molecule has 1 heterocycles. The first-order valence-corrected chi connectivity index (χ1v) is 11.2. The fourth-order valence-electron chi connectivity index (χ4n) is 2.98. The summed E-state index contributed by atoms with van der Waals surface area (Å²) in [7, 11) is 2.64. The summed E-state index contributed by atoms with van der Waals surface area (Å²) < 4.78 is 16.4. The molecule has 0 saturated carbocycles. The fourth-order valence-corrected chi connectivity index (χ4v) is 2.98. The van der Waals surface area contributed by atoms with Gasteiger partial charge >= 0.3 is 11.9 Å². The number of aromatic nitrogens is 4. The van der Waals surface area contributed by atoms with Crippen LogP contribution in [0, 0.1) is 5.92 Å². The summed E-state index contributed by atoms with van der Waals surface area (Å²) in [5, 5.41) is 16.3. The van der Waals surface area contributed by atoms with Crippen molar-refractivity contribution in [3.05, 3.63) is 5.82 Å². The van der Waals surface area contributed by atoms with Crippen molar-refractivity contribution in [2.45, 2.75) is 84.3 Å². The lowest BCUT2D eigenvalue weighted by atomic mass is 10.0. The third-order valence-electron chi connectivity index (χ3n) is 4.71. The Balaban J connectivity index is 2.79. The van der Waals surface area contributed by atoms with Gasteiger partial charge in [0.25, 0.3) is 0 Å². The number of carbonyl (C=O) groups is 4. The van der Waals surface area contributed by atoms with E-state index in [0.29, 0.717) is 12.2 Å². The molecule has 1 rings (SSSR count). The van der Waals surface area contributed by atoms with Crippen molar-refractivity contribution in [2.75, 3.05) is 14.2 Å². The number of ether oxygens (including phenoxy) is 3. The van der Waals surface area contributed by atoms with Gasteiger partial charge in [-0.25, -0.2) is 9.48 Å². The van der Waals surface area contributed by atoms with Crippen LogP contribution in [-0.4, -0.2) is 81.9 Å². The van der Waals surface area contributed by atoms with E-state index in [1.807, 2.05) is 0 Å². The third kappa shape index (κ3) is 10.3. The van der Waals surface area contributed by atoms with E-state index in [9.17, 15) is 19.2 Å². The smallest absolute Gasteiger partial charge is 0.328 e. The molecule has 0 aliphatic rings. The average Bonchev–Trinajstić information content (AvgIpc) is 3.20. The SMILES string of the molecule is COCn1nnnc1CC[C@H](N)C(=O)N[C@H](C(=O)N[C@@H](CC(=O)OC(C)(C)C)C(=O)OC)C(C)C. The number of esters is 2. The Labute approximate surface area is 204 Å². The number of carbonyl (C=O) groups excluding carboxylic acids is 4. The fraction of sp³-hybridized carbons (Fsp3) is 0.762. The monoisotopic (exact) mass is 499 g/mol. The zero-order valence-corrected chi connectivity index (χ0v) is 21.4. The molecule has 14 heteroatoms. The minimum Gasteiger partial charge on any atom is -0.467 e. The first kappa shape index (κ1) is 29.9. The highest BCUT2D eigenvalue weighted by Gasteiger charge is 2.32. The topological polar surface area (TPSA) is 190 Å². The van der Waals surface area contributed by atoms with Crippen LogP contribution >= 0.6 is 0 Å². The van der Waals surface area contributed by atoms with Crippen molar-refractivity contribution in [1.29, 1.82) is 0 Å². The number of nitrogens with one attached hydrogen (secondary N) is 2. The Hall–Kier alpha value is -3.13. The molecule has 0 spiro atoms. The number of methoxy groups -OCH3 is 2. The van der Waals surface area contributed by atoms with E-state index in [1.165, 1.54) is 11.8 Å². The summed E-state index contributed by atoms with van der Waals surface area (Å²) in [5.41, 5.74) is 5.25. The molecule has 0 fully saturated rings.